The van der Waals surface area contributed by atoms with Gasteiger partial charge in [-0.3, -0.25) is 14.6 Å². The molecule has 2 heterocycles. The van der Waals surface area contributed by atoms with E-state index in [0.29, 0.717) is 33.0 Å². The first-order valence-corrected chi connectivity index (χ1v) is 8.43. The first kappa shape index (κ1) is 17.8. The molecule has 25 heavy (non-hydrogen) atoms. The number of nitrogens with one attached hydrogen (secondary N) is 1. The van der Waals surface area contributed by atoms with Crippen LogP contribution in [0, 0.1) is 0 Å². The number of hydrogen-bond donors (Lipinski definition) is 1. The molecule has 0 saturated carbocycles. The van der Waals surface area contributed by atoms with Crippen molar-refractivity contribution in [3.63, 3.8) is 0 Å². The number of aromatic amines is 1. The van der Waals surface area contributed by atoms with Crippen LogP contribution >= 0.6 is 34.8 Å². The maximum atomic E-state index is 12.6. The molecule has 3 rings (SSSR count). The summed E-state index contributed by atoms with van der Waals surface area (Å²) in [7, 11) is 3.46. The number of nitrogens with zero attached hydrogens (tertiary/aromatic N) is 4. The van der Waals surface area contributed by atoms with Crippen molar-refractivity contribution < 1.29 is 4.79 Å². The second-order valence-electron chi connectivity index (χ2n) is 5.52. The van der Waals surface area contributed by atoms with Gasteiger partial charge in [-0.15, -0.1) is 0 Å². The van der Waals surface area contributed by atoms with Gasteiger partial charge in [0.15, 0.2) is 0 Å². The summed E-state index contributed by atoms with van der Waals surface area (Å²) >= 11 is 18.0. The highest BCUT2D eigenvalue weighted by atomic mass is 35.5. The van der Waals surface area contributed by atoms with E-state index in [9.17, 15) is 4.79 Å². The van der Waals surface area contributed by atoms with Crippen LogP contribution in [0.4, 0.5) is 0 Å². The molecule has 0 bridgehead atoms. The van der Waals surface area contributed by atoms with Gasteiger partial charge >= 0.3 is 0 Å². The van der Waals surface area contributed by atoms with Gasteiger partial charge in [0.1, 0.15) is 5.69 Å². The molecule has 0 radical (unpaired) electrons. The molecule has 2 aromatic heterocycles. The lowest BCUT2D eigenvalue weighted by Gasteiger charge is -2.16. The summed E-state index contributed by atoms with van der Waals surface area (Å²) in [6.45, 7) is 0.329. The molecule has 0 saturated heterocycles. The quantitative estimate of drug-likeness (QED) is 0.721. The van der Waals surface area contributed by atoms with Crippen LogP contribution in [-0.2, 0) is 13.6 Å². The molecule has 6 nitrogen and oxygen atoms in total. The van der Waals surface area contributed by atoms with Crippen molar-refractivity contribution in [2.75, 3.05) is 7.05 Å². The van der Waals surface area contributed by atoms with E-state index in [4.69, 9.17) is 34.8 Å². The lowest BCUT2D eigenvalue weighted by molar-refractivity contribution is 0.0776. The Kier molecular flexibility index (Phi) is 5.03. The van der Waals surface area contributed by atoms with Gasteiger partial charge in [0.2, 0.25) is 0 Å². The Morgan fingerprint density at radius 2 is 1.96 bits per heavy atom. The molecular weight excluding hydrogens is 385 g/mol. The Balaban J connectivity index is 1.79. The molecule has 0 fully saturated rings. The molecule has 1 amide bonds. The summed E-state index contributed by atoms with van der Waals surface area (Å²) < 4.78 is 1.64. The fourth-order valence-corrected chi connectivity index (χ4v) is 2.87. The van der Waals surface area contributed by atoms with E-state index in [2.05, 4.69) is 15.3 Å². The van der Waals surface area contributed by atoms with Crippen molar-refractivity contribution in [2.45, 2.75) is 6.54 Å². The van der Waals surface area contributed by atoms with E-state index >= 15 is 0 Å². The number of hydrogen-bond acceptors (Lipinski definition) is 3. The standard InChI is InChI=1S/C16H14Cl3N5O/c1-23(8-15-12(19)7-20-24(15)2)16(25)14-6-13(21-22-14)9-3-4-10(17)11(18)5-9/h3-7H,8H2,1-2H3,(H,21,22). The number of aromatic nitrogens is 4. The minimum absolute atomic E-state index is 0.212. The maximum absolute atomic E-state index is 12.6. The van der Waals surface area contributed by atoms with E-state index in [-0.39, 0.29) is 5.91 Å². The second-order valence-corrected chi connectivity index (χ2v) is 6.74. The third-order valence-electron chi connectivity index (χ3n) is 3.77. The zero-order valence-electron chi connectivity index (χ0n) is 13.4. The molecule has 0 unspecified atom stereocenters. The van der Waals surface area contributed by atoms with Gasteiger partial charge in [-0.05, 0) is 18.2 Å². The van der Waals surface area contributed by atoms with E-state index in [1.165, 1.54) is 4.90 Å². The van der Waals surface area contributed by atoms with Crippen molar-refractivity contribution in [1.82, 2.24) is 24.9 Å². The first-order valence-electron chi connectivity index (χ1n) is 7.29. The number of rotatable bonds is 4. The lowest BCUT2D eigenvalue weighted by Crippen LogP contribution is -2.27. The molecule has 3 aromatic rings. The molecule has 1 aromatic carbocycles. The van der Waals surface area contributed by atoms with Gasteiger partial charge < -0.3 is 4.90 Å². The summed E-state index contributed by atoms with van der Waals surface area (Å²) in [5.41, 5.74) is 2.49. The Morgan fingerprint density at radius 3 is 2.60 bits per heavy atom. The van der Waals surface area contributed by atoms with Gasteiger partial charge in [0.25, 0.3) is 5.91 Å². The summed E-state index contributed by atoms with van der Waals surface area (Å²) in [6.07, 6.45) is 1.55. The molecule has 130 valence electrons. The van der Waals surface area contributed by atoms with Gasteiger partial charge in [-0.25, -0.2) is 0 Å². The Morgan fingerprint density at radius 1 is 1.20 bits per heavy atom. The second kappa shape index (κ2) is 7.07. The number of amides is 1. The number of halogens is 3. The largest absolute Gasteiger partial charge is 0.334 e. The zero-order chi connectivity index (χ0) is 18.1. The summed E-state index contributed by atoms with van der Waals surface area (Å²) in [5.74, 6) is -0.212. The van der Waals surface area contributed by atoms with Crippen molar-refractivity contribution >= 4 is 40.7 Å². The molecular formula is C16H14Cl3N5O. The fourth-order valence-electron chi connectivity index (χ4n) is 2.35. The molecule has 0 atom stereocenters. The topological polar surface area (TPSA) is 66.8 Å². The van der Waals surface area contributed by atoms with Crippen molar-refractivity contribution in [2.24, 2.45) is 7.05 Å². The average molecular weight is 399 g/mol. The minimum atomic E-state index is -0.212. The van der Waals surface area contributed by atoms with E-state index < -0.39 is 0 Å². The Labute approximate surface area is 159 Å². The highest BCUT2D eigenvalue weighted by Crippen LogP contribution is 2.28. The smallest absolute Gasteiger partial charge is 0.271 e. The third kappa shape index (κ3) is 3.66. The van der Waals surface area contributed by atoms with E-state index in [1.54, 1.807) is 49.2 Å². The van der Waals surface area contributed by atoms with Crippen LogP contribution in [0.1, 0.15) is 16.2 Å². The van der Waals surface area contributed by atoms with Gasteiger partial charge in [-0.1, -0.05) is 40.9 Å². The summed E-state index contributed by atoms with van der Waals surface area (Å²) in [6, 6.07) is 6.85. The Bertz CT molecular complexity index is 914. The number of H-pyrrole nitrogens is 1. The first-order chi connectivity index (χ1) is 11.9. The van der Waals surface area contributed by atoms with Crippen molar-refractivity contribution in [3.05, 3.63) is 56.9 Å². The van der Waals surface area contributed by atoms with E-state index in [0.717, 1.165) is 11.3 Å². The van der Waals surface area contributed by atoms with Crippen molar-refractivity contribution in [1.29, 1.82) is 0 Å². The average Bonchev–Trinajstić information content (AvgIpc) is 3.19. The fraction of sp³-hybridized carbons (Fsp3) is 0.188. The van der Waals surface area contributed by atoms with Gasteiger partial charge in [-0.2, -0.15) is 10.2 Å². The predicted octanol–water partition coefficient (Wildman–Crippen LogP) is 4.04. The van der Waals surface area contributed by atoms with Crippen LogP contribution in [0.25, 0.3) is 11.3 Å². The van der Waals surface area contributed by atoms with E-state index in [1.807, 2.05) is 0 Å². The van der Waals surface area contributed by atoms with Gasteiger partial charge in [0, 0.05) is 19.7 Å². The molecule has 0 spiro atoms. The number of aryl methyl sites for hydroxylation is 1. The van der Waals surface area contributed by atoms with Crippen molar-refractivity contribution in [3.8, 4) is 11.3 Å². The molecule has 1 N–H and O–H groups in total. The van der Waals surface area contributed by atoms with Crippen LogP contribution in [0.5, 0.6) is 0 Å². The summed E-state index contributed by atoms with van der Waals surface area (Å²) in [4.78, 5) is 14.1. The molecule has 0 aliphatic rings. The Hall–Kier alpha value is -2.02. The van der Waals surface area contributed by atoms with Crippen LogP contribution in [-0.4, -0.2) is 37.8 Å². The monoisotopic (exact) mass is 397 g/mol. The SMILES string of the molecule is CN(Cc1c(Cl)cnn1C)C(=O)c1cc(-c2ccc(Cl)c(Cl)c2)n[nH]1. The number of carbonyl (C=O) groups is 1. The highest BCUT2D eigenvalue weighted by Gasteiger charge is 2.18. The molecule has 0 aliphatic heterocycles. The van der Waals surface area contributed by atoms with Crippen LogP contribution in [0.15, 0.2) is 30.5 Å². The predicted molar refractivity (Wildman–Crippen MR) is 98.1 cm³/mol. The number of benzene rings is 1. The lowest BCUT2D eigenvalue weighted by atomic mass is 10.1. The maximum Gasteiger partial charge on any atom is 0.271 e. The van der Waals surface area contributed by atoms with Crippen LogP contribution in [0.3, 0.4) is 0 Å². The summed E-state index contributed by atoms with van der Waals surface area (Å²) in [5, 5.41) is 12.4. The van der Waals surface area contributed by atoms with Crippen LogP contribution in [0.2, 0.25) is 15.1 Å². The zero-order valence-corrected chi connectivity index (χ0v) is 15.7. The molecule has 9 heteroatoms. The van der Waals surface area contributed by atoms with Crippen LogP contribution < -0.4 is 0 Å². The minimum Gasteiger partial charge on any atom is -0.334 e. The third-order valence-corrected chi connectivity index (χ3v) is 4.82. The van der Waals surface area contributed by atoms with Gasteiger partial charge in [0.05, 0.1) is 39.2 Å². The highest BCUT2D eigenvalue weighted by molar-refractivity contribution is 6.42. The number of carbonyl (C=O) groups excluding carboxylic acids is 1. The molecule has 0 aliphatic carbocycles. The normalized spacial score (nSPS) is 10.9.